The van der Waals surface area contributed by atoms with E-state index in [1.807, 2.05) is 44.2 Å². The molecular weight excluding hydrogens is 462 g/mol. The first-order valence-corrected chi connectivity index (χ1v) is 12.0. The number of ether oxygens (including phenoxy) is 5. The van der Waals surface area contributed by atoms with Crippen molar-refractivity contribution in [3.63, 3.8) is 0 Å². The second-order valence-corrected chi connectivity index (χ2v) is 9.26. The fourth-order valence-corrected chi connectivity index (χ4v) is 5.07. The summed E-state index contributed by atoms with van der Waals surface area (Å²) < 4.78 is 27.8. The molecule has 0 spiro atoms. The van der Waals surface area contributed by atoms with Gasteiger partial charge in [-0.05, 0) is 61.6 Å². The van der Waals surface area contributed by atoms with Gasteiger partial charge in [0.25, 0.3) is 0 Å². The fourth-order valence-electron chi connectivity index (χ4n) is 5.07. The van der Waals surface area contributed by atoms with Crippen LogP contribution in [-0.4, -0.2) is 46.2 Å². The Hall–Kier alpha value is -3.68. The van der Waals surface area contributed by atoms with Crippen LogP contribution in [0.25, 0.3) is 0 Å². The maximum absolute atomic E-state index is 13.5. The van der Waals surface area contributed by atoms with Crippen LogP contribution in [0.15, 0.2) is 41.6 Å². The van der Waals surface area contributed by atoms with Crippen LogP contribution in [0.5, 0.6) is 28.7 Å². The molecule has 2 aromatic carbocycles. The first-order chi connectivity index (χ1) is 17.3. The summed E-state index contributed by atoms with van der Waals surface area (Å²) >= 11 is 0. The largest absolute Gasteiger partial charge is 0.493 e. The van der Waals surface area contributed by atoms with Gasteiger partial charge in [-0.25, -0.2) is 0 Å². The molecule has 0 saturated heterocycles. The van der Waals surface area contributed by atoms with E-state index in [0.29, 0.717) is 52.9 Å². The number of ketones is 1. The van der Waals surface area contributed by atoms with E-state index >= 15 is 0 Å². The molecule has 1 heterocycles. The molecule has 2 aliphatic rings. The summed E-state index contributed by atoms with van der Waals surface area (Å²) in [5.74, 6) is 2.12. The highest BCUT2D eigenvalue weighted by molar-refractivity contribution is 6.02. The molecule has 1 N–H and O–H groups in total. The Labute approximate surface area is 211 Å². The minimum absolute atomic E-state index is 0.0123. The van der Waals surface area contributed by atoms with Gasteiger partial charge in [-0.3, -0.25) is 9.59 Å². The van der Waals surface area contributed by atoms with E-state index in [-0.39, 0.29) is 30.1 Å². The SMILES string of the molecule is COc1cc(C2CC(=O)C3=C(C2)NC(=O)CC3c2cc(OC)c(OC)c(OC)c2)ccc1OC(C)C. The van der Waals surface area contributed by atoms with E-state index in [1.165, 1.54) is 7.11 Å². The number of amides is 1. The normalized spacial score (nSPS) is 19.5. The summed E-state index contributed by atoms with van der Waals surface area (Å²) in [5.41, 5.74) is 3.06. The molecule has 2 aromatic rings. The van der Waals surface area contributed by atoms with Crippen molar-refractivity contribution in [2.24, 2.45) is 0 Å². The maximum Gasteiger partial charge on any atom is 0.225 e. The number of hydrogen-bond acceptors (Lipinski definition) is 7. The lowest BCUT2D eigenvalue weighted by Crippen LogP contribution is -2.38. The summed E-state index contributed by atoms with van der Waals surface area (Å²) in [6, 6.07) is 9.38. The summed E-state index contributed by atoms with van der Waals surface area (Å²) in [4.78, 5) is 26.3. The molecule has 0 aromatic heterocycles. The van der Waals surface area contributed by atoms with Gasteiger partial charge in [-0.1, -0.05) is 6.07 Å². The topological polar surface area (TPSA) is 92.3 Å². The van der Waals surface area contributed by atoms with E-state index in [2.05, 4.69) is 5.32 Å². The number of carbonyl (C=O) groups is 2. The zero-order valence-corrected chi connectivity index (χ0v) is 21.6. The van der Waals surface area contributed by atoms with Gasteiger partial charge in [-0.15, -0.1) is 0 Å². The third-order valence-corrected chi connectivity index (χ3v) is 6.65. The lowest BCUT2D eigenvalue weighted by atomic mass is 9.73. The smallest absolute Gasteiger partial charge is 0.225 e. The minimum Gasteiger partial charge on any atom is -0.493 e. The second-order valence-electron chi connectivity index (χ2n) is 9.26. The van der Waals surface area contributed by atoms with Gasteiger partial charge in [0.1, 0.15) is 0 Å². The van der Waals surface area contributed by atoms with Crippen LogP contribution < -0.4 is 29.0 Å². The van der Waals surface area contributed by atoms with Gasteiger partial charge in [0.05, 0.1) is 34.5 Å². The number of nitrogens with one attached hydrogen (secondary N) is 1. The molecule has 1 aliphatic heterocycles. The number of benzene rings is 2. The molecule has 1 amide bonds. The summed E-state index contributed by atoms with van der Waals surface area (Å²) in [6.07, 6.45) is 1.06. The van der Waals surface area contributed by atoms with E-state index in [4.69, 9.17) is 23.7 Å². The van der Waals surface area contributed by atoms with Gasteiger partial charge < -0.3 is 29.0 Å². The maximum atomic E-state index is 13.5. The molecule has 0 fully saturated rings. The van der Waals surface area contributed by atoms with Crippen LogP contribution in [-0.2, 0) is 9.59 Å². The third kappa shape index (κ3) is 4.85. The molecule has 1 aliphatic carbocycles. The molecule has 8 nitrogen and oxygen atoms in total. The van der Waals surface area contributed by atoms with Crippen LogP contribution in [0.3, 0.4) is 0 Å². The summed E-state index contributed by atoms with van der Waals surface area (Å²) in [5, 5.41) is 2.97. The number of hydrogen-bond donors (Lipinski definition) is 1. The van der Waals surface area contributed by atoms with Crippen LogP contribution >= 0.6 is 0 Å². The molecule has 36 heavy (non-hydrogen) atoms. The Kier molecular flexibility index (Phi) is 7.43. The van der Waals surface area contributed by atoms with Crippen molar-refractivity contribution in [1.29, 1.82) is 0 Å². The summed E-state index contributed by atoms with van der Waals surface area (Å²) in [6.45, 7) is 3.91. The van der Waals surface area contributed by atoms with Crippen molar-refractivity contribution in [2.45, 2.75) is 51.0 Å². The van der Waals surface area contributed by atoms with Gasteiger partial charge in [0.15, 0.2) is 28.8 Å². The van der Waals surface area contributed by atoms with Crippen molar-refractivity contribution in [3.05, 3.63) is 52.7 Å². The molecule has 4 rings (SSSR count). The second kappa shape index (κ2) is 10.5. The Bertz CT molecular complexity index is 1180. The minimum atomic E-state index is -0.396. The van der Waals surface area contributed by atoms with Crippen LogP contribution in [0.2, 0.25) is 0 Å². The molecule has 2 atom stereocenters. The number of carbonyl (C=O) groups excluding carboxylic acids is 2. The molecular formula is C28H33NO7. The van der Waals surface area contributed by atoms with E-state index in [9.17, 15) is 9.59 Å². The average Bonchev–Trinajstić information content (AvgIpc) is 2.86. The van der Waals surface area contributed by atoms with E-state index < -0.39 is 5.92 Å². The zero-order valence-electron chi connectivity index (χ0n) is 21.6. The molecule has 2 unspecified atom stereocenters. The zero-order chi connectivity index (χ0) is 26.0. The van der Waals surface area contributed by atoms with Crippen molar-refractivity contribution in [3.8, 4) is 28.7 Å². The Morgan fingerprint density at radius 3 is 2.00 bits per heavy atom. The predicted molar refractivity (Wildman–Crippen MR) is 134 cm³/mol. The standard InChI is InChI=1S/C28H33NO7/c1-15(2)36-22-8-7-16(11-23(22)32-3)17-9-20-27(21(30)10-17)19(14-26(31)29-20)18-12-24(33-4)28(35-6)25(13-18)34-5/h7-8,11-13,15,17,19H,9-10,14H2,1-6H3,(H,29,31). The Morgan fingerprint density at radius 1 is 0.778 bits per heavy atom. The highest BCUT2D eigenvalue weighted by Crippen LogP contribution is 2.47. The number of Topliss-reactive ketones (excluding diaryl/α,β-unsaturated/α-hetero) is 1. The number of methoxy groups -OCH3 is 4. The first kappa shape index (κ1) is 25.4. The lowest BCUT2D eigenvalue weighted by Gasteiger charge is -2.35. The molecule has 192 valence electrons. The molecule has 0 bridgehead atoms. The molecule has 0 radical (unpaired) electrons. The monoisotopic (exact) mass is 495 g/mol. The first-order valence-electron chi connectivity index (χ1n) is 12.0. The van der Waals surface area contributed by atoms with Crippen molar-refractivity contribution >= 4 is 11.7 Å². The van der Waals surface area contributed by atoms with E-state index in [1.54, 1.807) is 21.3 Å². The highest BCUT2D eigenvalue weighted by Gasteiger charge is 2.39. The molecule has 8 heteroatoms. The van der Waals surface area contributed by atoms with Crippen LogP contribution in [0.1, 0.15) is 56.1 Å². The van der Waals surface area contributed by atoms with Crippen molar-refractivity contribution < 1.29 is 33.3 Å². The quantitative estimate of drug-likeness (QED) is 0.576. The van der Waals surface area contributed by atoms with Crippen molar-refractivity contribution in [2.75, 3.05) is 28.4 Å². The Balaban J connectivity index is 1.70. The third-order valence-electron chi connectivity index (χ3n) is 6.65. The van der Waals surface area contributed by atoms with Crippen LogP contribution in [0.4, 0.5) is 0 Å². The van der Waals surface area contributed by atoms with Gasteiger partial charge in [0, 0.05) is 30.0 Å². The fraction of sp³-hybridized carbons (Fsp3) is 0.429. The van der Waals surface area contributed by atoms with Gasteiger partial charge >= 0.3 is 0 Å². The number of allylic oxidation sites excluding steroid dienone is 2. The highest BCUT2D eigenvalue weighted by atomic mass is 16.5. The predicted octanol–water partition coefficient (Wildman–Crippen LogP) is 4.51. The number of rotatable bonds is 8. The van der Waals surface area contributed by atoms with Gasteiger partial charge in [-0.2, -0.15) is 0 Å². The van der Waals surface area contributed by atoms with Crippen molar-refractivity contribution in [1.82, 2.24) is 5.32 Å². The summed E-state index contributed by atoms with van der Waals surface area (Å²) in [7, 11) is 6.22. The molecule has 0 saturated carbocycles. The Morgan fingerprint density at radius 2 is 1.42 bits per heavy atom. The van der Waals surface area contributed by atoms with Crippen LogP contribution in [0, 0.1) is 0 Å². The van der Waals surface area contributed by atoms with E-state index in [0.717, 1.165) is 11.1 Å². The average molecular weight is 496 g/mol. The lowest BCUT2D eigenvalue weighted by molar-refractivity contribution is -0.122. The van der Waals surface area contributed by atoms with Gasteiger partial charge in [0.2, 0.25) is 11.7 Å².